The highest BCUT2D eigenvalue weighted by Crippen LogP contribution is 2.35. The highest BCUT2D eigenvalue weighted by molar-refractivity contribution is 4.86. The van der Waals surface area contributed by atoms with Gasteiger partial charge in [0.25, 0.3) is 6.43 Å². The van der Waals surface area contributed by atoms with Crippen LogP contribution in [0.25, 0.3) is 0 Å². The van der Waals surface area contributed by atoms with E-state index in [1.807, 2.05) is 11.9 Å². The van der Waals surface area contributed by atoms with Crippen LogP contribution in [0.5, 0.6) is 0 Å². The maximum atomic E-state index is 12.5. The summed E-state index contributed by atoms with van der Waals surface area (Å²) in [5.41, 5.74) is 0.204. The summed E-state index contributed by atoms with van der Waals surface area (Å²) in [6.45, 7) is 4.87. The first kappa shape index (κ1) is 16.8. The Morgan fingerprint density at radius 3 is 2.32 bits per heavy atom. The average Bonchev–Trinajstić information content (AvgIpc) is 2.54. The Hall–Kier alpha value is -0.220. The van der Waals surface area contributed by atoms with Crippen molar-refractivity contribution < 1.29 is 8.78 Å². The Bertz CT molecular complexity index is 226. The van der Waals surface area contributed by atoms with Crippen LogP contribution in [0.2, 0.25) is 0 Å². The number of rotatable bonds is 8. The minimum atomic E-state index is -2.23. The van der Waals surface area contributed by atoms with Crippen molar-refractivity contribution in [3.8, 4) is 0 Å². The summed E-state index contributed by atoms with van der Waals surface area (Å²) >= 11 is 0. The first-order valence-electron chi connectivity index (χ1n) is 7.75. The Morgan fingerprint density at radius 1 is 1.16 bits per heavy atom. The van der Waals surface area contributed by atoms with Gasteiger partial charge >= 0.3 is 0 Å². The van der Waals surface area contributed by atoms with Crippen LogP contribution in [0, 0.1) is 5.41 Å². The number of hydrogen-bond acceptors (Lipinski definition) is 2. The van der Waals surface area contributed by atoms with Gasteiger partial charge < -0.3 is 10.2 Å². The van der Waals surface area contributed by atoms with Crippen molar-refractivity contribution in [2.75, 3.05) is 33.2 Å². The fourth-order valence-electron chi connectivity index (χ4n) is 3.27. The van der Waals surface area contributed by atoms with Crippen LogP contribution >= 0.6 is 0 Å². The highest BCUT2D eigenvalue weighted by Gasteiger charge is 2.32. The second-order valence-electron chi connectivity index (χ2n) is 6.18. The van der Waals surface area contributed by atoms with E-state index < -0.39 is 6.43 Å². The molecule has 0 aliphatic heterocycles. The molecule has 114 valence electrons. The summed E-state index contributed by atoms with van der Waals surface area (Å²) < 4.78 is 25.0. The zero-order valence-corrected chi connectivity index (χ0v) is 12.6. The molecule has 1 fully saturated rings. The number of nitrogens with zero attached hydrogens (tertiary/aromatic N) is 1. The first-order valence-corrected chi connectivity index (χ1v) is 7.75. The first-order chi connectivity index (χ1) is 9.08. The SMILES string of the molecule is CCCNCC1(CN(C)CC(F)F)CCCCCC1. The molecule has 1 rings (SSSR count). The predicted molar refractivity (Wildman–Crippen MR) is 76.8 cm³/mol. The molecule has 19 heavy (non-hydrogen) atoms. The van der Waals surface area contributed by atoms with Crippen LogP contribution in [0.1, 0.15) is 51.9 Å². The molecule has 1 aliphatic rings. The van der Waals surface area contributed by atoms with Crippen molar-refractivity contribution in [2.45, 2.75) is 58.3 Å². The third-order valence-corrected chi connectivity index (χ3v) is 4.15. The molecule has 1 N–H and O–H groups in total. The highest BCUT2D eigenvalue weighted by atomic mass is 19.3. The Balaban J connectivity index is 2.56. The minimum absolute atomic E-state index is 0.102. The van der Waals surface area contributed by atoms with Gasteiger partial charge in [0.05, 0.1) is 6.54 Å². The zero-order chi connectivity index (χ0) is 14.1. The maximum absolute atomic E-state index is 12.5. The number of alkyl halides is 2. The molecule has 0 unspecified atom stereocenters. The van der Waals surface area contributed by atoms with Crippen molar-refractivity contribution in [3.63, 3.8) is 0 Å². The fraction of sp³-hybridized carbons (Fsp3) is 1.00. The Labute approximate surface area is 116 Å². The number of halogens is 2. The summed E-state index contributed by atoms with van der Waals surface area (Å²) in [6.07, 6.45) is 6.35. The van der Waals surface area contributed by atoms with E-state index in [9.17, 15) is 8.78 Å². The van der Waals surface area contributed by atoms with Gasteiger partial charge in [-0.25, -0.2) is 8.78 Å². The molecule has 0 aromatic rings. The van der Waals surface area contributed by atoms with Gasteiger partial charge in [-0.05, 0) is 38.3 Å². The van der Waals surface area contributed by atoms with Crippen LogP contribution in [0.3, 0.4) is 0 Å². The lowest BCUT2D eigenvalue weighted by Crippen LogP contribution is -2.44. The van der Waals surface area contributed by atoms with E-state index in [0.29, 0.717) is 0 Å². The number of nitrogens with one attached hydrogen (secondary N) is 1. The Kier molecular flexibility index (Phi) is 7.84. The molecule has 0 aromatic carbocycles. The summed E-state index contributed by atoms with van der Waals surface area (Å²) in [5.74, 6) is 0. The van der Waals surface area contributed by atoms with E-state index in [0.717, 1.165) is 26.1 Å². The second-order valence-corrected chi connectivity index (χ2v) is 6.18. The van der Waals surface area contributed by atoms with Crippen LogP contribution in [-0.4, -0.2) is 44.6 Å². The molecule has 2 nitrogen and oxygen atoms in total. The summed E-state index contributed by atoms with van der Waals surface area (Å²) in [7, 11) is 1.83. The normalized spacial score (nSPS) is 19.9. The van der Waals surface area contributed by atoms with E-state index in [1.54, 1.807) is 0 Å². The van der Waals surface area contributed by atoms with Gasteiger partial charge in [-0.15, -0.1) is 0 Å². The van der Waals surface area contributed by atoms with Gasteiger partial charge in [-0.3, -0.25) is 0 Å². The minimum Gasteiger partial charge on any atom is -0.316 e. The third-order valence-electron chi connectivity index (χ3n) is 4.15. The molecule has 0 spiro atoms. The molecule has 0 radical (unpaired) electrons. The molecule has 1 saturated carbocycles. The molecule has 0 atom stereocenters. The lowest BCUT2D eigenvalue weighted by atomic mass is 9.79. The largest absolute Gasteiger partial charge is 0.316 e. The van der Waals surface area contributed by atoms with E-state index in [1.165, 1.54) is 38.5 Å². The average molecular weight is 276 g/mol. The van der Waals surface area contributed by atoms with E-state index in [-0.39, 0.29) is 12.0 Å². The van der Waals surface area contributed by atoms with Crippen molar-refractivity contribution in [3.05, 3.63) is 0 Å². The summed E-state index contributed by atoms with van der Waals surface area (Å²) in [4.78, 5) is 1.82. The van der Waals surface area contributed by atoms with Crippen LogP contribution in [0.15, 0.2) is 0 Å². The molecule has 0 aromatic heterocycles. The topological polar surface area (TPSA) is 15.3 Å². The van der Waals surface area contributed by atoms with Gasteiger partial charge in [0.2, 0.25) is 0 Å². The molecule has 4 heteroatoms. The third kappa shape index (κ3) is 6.66. The van der Waals surface area contributed by atoms with Crippen LogP contribution in [-0.2, 0) is 0 Å². The summed E-state index contributed by atoms with van der Waals surface area (Å²) in [6, 6.07) is 0. The molecular formula is C15H30F2N2. The molecule has 1 aliphatic carbocycles. The van der Waals surface area contributed by atoms with Gasteiger partial charge in [-0.2, -0.15) is 0 Å². The van der Waals surface area contributed by atoms with Crippen molar-refractivity contribution in [1.29, 1.82) is 0 Å². The zero-order valence-electron chi connectivity index (χ0n) is 12.6. The quantitative estimate of drug-likeness (QED) is 0.539. The van der Waals surface area contributed by atoms with Crippen molar-refractivity contribution in [1.82, 2.24) is 10.2 Å². The van der Waals surface area contributed by atoms with Gasteiger partial charge in [0.15, 0.2) is 0 Å². The number of hydrogen-bond donors (Lipinski definition) is 1. The molecule has 0 heterocycles. The van der Waals surface area contributed by atoms with E-state index >= 15 is 0 Å². The standard InChI is InChI=1S/C15H30F2N2/c1-3-10-18-12-15(8-6-4-5-7-9-15)13-19(2)11-14(16)17/h14,18H,3-13H2,1-2H3. The van der Waals surface area contributed by atoms with E-state index in [2.05, 4.69) is 12.2 Å². The van der Waals surface area contributed by atoms with Crippen molar-refractivity contribution in [2.24, 2.45) is 5.41 Å². The molecule has 0 bridgehead atoms. The van der Waals surface area contributed by atoms with Crippen LogP contribution in [0.4, 0.5) is 8.78 Å². The molecular weight excluding hydrogens is 246 g/mol. The predicted octanol–water partition coefficient (Wildman–Crippen LogP) is 3.52. The lowest BCUT2D eigenvalue weighted by Gasteiger charge is -2.37. The van der Waals surface area contributed by atoms with Gasteiger partial charge in [-0.1, -0.05) is 32.6 Å². The smallest absolute Gasteiger partial charge is 0.251 e. The lowest BCUT2D eigenvalue weighted by molar-refractivity contribution is 0.0688. The van der Waals surface area contributed by atoms with Gasteiger partial charge in [0, 0.05) is 13.1 Å². The fourth-order valence-corrected chi connectivity index (χ4v) is 3.27. The van der Waals surface area contributed by atoms with E-state index in [4.69, 9.17) is 0 Å². The van der Waals surface area contributed by atoms with Crippen LogP contribution < -0.4 is 5.32 Å². The monoisotopic (exact) mass is 276 g/mol. The molecule has 0 amide bonds. The second kappa shape index (κ2) is 8.85. The molecule has 0 saturated heterocycles. The van der Waals surface area contributed by atoms with Crippen molar-refractivity contribution >= 4 is 0 Å². The Morgan fingerprint density at radius 2 is 1.79 bits per heavy atom. The van der Waals surface area contributed by atoms with Gasteiger partial charge in [0.1, 0.15) is 0 Å². The summed E-state index contributed by atoms with van der Waals surface area (Å²) in [5, 5.41) is 3.52. The maximum Gasteiger partial charge on any atom is 0.251 e.